The van der Waals surface area contributed by atoms with Crippen LogP contribution in [0.15, 0.2) is 42.6 Å². The molecule has 0 radical (unpaired) electrons. The first-order valence-corrected chi connectivity index (χ1v) is 10.2. The minimum atomic E-state index is -4.61. The van der Waals surface area contributed by atoms with Gasteiger partial charge in [-0.25, -0.2) is 9.97 Å². The highest BCUT2D eigenvalue weighted by molar-refractivity contribution is 5.29. The van der Waals surface area contributed by atoms with E-state index in [9.17, 15) is 23.4 Å². The van der Waals surface area contributed by atoms with E-state index in [-0.39, 0.29) is 12.6 Å². The van der Waals surface area contributed by atoms with Crippen molar-refractivity contribution in [3.8, 4) is 0 Å². The second-order valence-corrected chi connectivity index (χ2v) is 7.94. The van der Waals surface area contributed by atoms with Crippen LogP contribution in [0, 0.1) is 12.8 Å². The summed E-state index contributed by atoms with van der Waals surface area (Å²) in [6.07, 6.45) is -7.33. The average molecular weight is 460 g/mol. The summed E-state index contributed by atoms with van der Waals surface area (Å²) in [7, 11) is 0. The molecule has 0 amide bonds. The van der Waals surface area contributed by atoms with E-state index in [1.54, 1.807) is 0 Å². The molecule has 1 aliphatic rings. The highest BCUT2D eigenvalue weighted by Gasteiger charge is 2.39. The molecule has 4 unspecified atom stereocenters. The Bertz CT molecular complexity index is 776. The van der Waals surface area contributed by atoms with Gasteiger partial charge in [-0.3, -0.25) is 0 Å². The minimum absolute atomic E-state index is 0.122. The minimum Gasteiger partial charge on any atom is -0.394 e. The topological polar surface area (TPSA) is 108 Å². The van der Waals surface area contributed by atoms with Crippen molar-refractivity contribution in [2.75, 3.05) is 18.5 Å². The average Bonchev–Trinajstić information content (AvgIpc) is 2.72. The SMILES string of the molecule is CC(C)C.Cc1ccccc1.OCC1OCC(Nc2nccc(C(F)(F)F)n2)C(O)C1O. The van der Waals surface area contributed by atoms with E-state index in [1.807, 2.05) is 18.2 Å². The molecule has 4 atom stereocenters. The van der Waals surface area contributed by atoms with E-state index in [4.69, 9.17) is 9.84 Å². The standard InChI is InChI=1S/C11H14F3N3O4.C7H8.C4H10/c12-11(13,14)7-1-2-15-10(17-7)16-5-4-21-6(3-18)9(20)8(5)19;1-7-5-3-2-4-6-7;1-4(2)3/h1-2,5-6,8-9,18-20H,3-4H2,(H,15,16,17);2-6H,1H3;4H,1-3H3. The second kappa shape index (κ2) is 13.3. The van der Waals surface area contributed by atoms with Crippen LogP contribution in [0.25, 0.3) is 0 Å². The van der Waals surface area contributed by atoms with Crippen LogP contribution in [0.3, 0.4) is 0 Å². The van der Waals surface area contributed by atoms with Gasteiger partial charge in [-0.05, 0) is 18.9 Å². The lowest BCUT2D eigenvalue weighted by Crippen LogP contribution is -2.56. The number of nitrogens with zero attached hydrogens (tertiary/aromatic N) is 2. The van der Waals surface area contributed by atoms with Gasteiger partial charge < -0.3 is 25.4 Å². The van der Waals surface area contributed by atoms with E-state index in [2.05, 4.69) is 55.1 Å². The molecule has 1 fully saturated rings. The zero-order valence-electron chi connectivity index (χ0n) is 18.6. The quantitative estimate of drug-likeness (QED) is 0.559. The van der Waals surface area contributed by atoms with Gasteiger partial charge in [0.1, 0.15) is 24.0 Å². The van der Waals surface area contributed by atoms with Gasteiger partial charge in [0, 0.05) is 6.20 Å². The maximum atomic E-state index is 12.5. The fourth-order valence-electron chi connectivity index (χ4n) is 2.46. The van der Waals surface area contributed by atoms with Gasteiger partial charge in [0.25, 0.3) is 0 Å². The third-order valence-corrected chi connectivity index (χ3v) is 4.01. The highest BCUT2D eigenvalue weighted by Crippen LogP contribution is 2.28. The number of halogens is 3. The zero-order valence-corrected chi connectivity index (χ0v) is 18.6. The van der Waals surface area contributed by atoms with Crippen molar-refractivity contribution in [3.63, 3.8) is 0 Å². The lowest BCUT2D eigenvalue weighted by molar-refractivity contribution is -0.152. The van der Waals surface area contributed by atoms with Gasteiger partial charge in [-0.2, -0.15) is 13.2 Å². The number of aliphatic hydroxyl groups excluding tert-OH is 3. The fraction of sp³-hybridized carbons (Fsp3) is 0.545. The number of hydrogen-bond acceptors (Lipinski definition) is 7. The molecule has 0 spiro atoms. The summed E-state index contributed by atoms with van der Waals surface area (Å²) in [5.41, 5.74) is 0.197. The summed E-state index contributed by atoms with van der Waals surface area (Å²) in [5, 5.41) is 30.9. The third kappa shape index (κ3) is 9.90. The Labute approximate surface area is 186 Å². The van der Waals surface area contributed by atoms with Gasteiger partial charge in [-0.1, -0.05) is 56.7 Å². The fourth-order valence-corrected chi connectivity index (χ4v) is 2.46. The molecule has 180 valence electrons. The number of rotatable bonds is 3. The van der Waals surface area contributed by atoms with Gasteiger partial charge in [0.15, 0.2) is 0 Å². The van der Waals surface area contributed by atoms with E-state index in [0.717, 1.165) is 18.2 Å². The smallest absolute Gasteiger partial charge is 0.394 e. The molecule has 1 saturated heterocycles. The maximum absolute atomic E-state index is 12.5. The Kier molecular flexibility index (Phi) is 11.6. The van der Waals surface area contributed by atoms with Crippen molar-refractivity contribution >= 4 is 5.95 Å². The number of anilines is 1. The molecule has 32 heavy (non-hydrogen) atoms. The number of aliphatic hydroxyl groups is 3. The third-order valence-electron chi connectivity index (χ3n) is 4.01. The van der Waals surface area contributed by atoms with Crippen LogP contribution in [-0.4, -0.2) is 62.9 Å². The molecule has 7 nitrogen and oxygen atoms in total. The summed E-state index contributed by atoms with van der Waals surface area (Å²) in [4.78, 5) is 6.92. The van der Waals surface area contributed by atoms with Crippen LogP contribution in [0.1, 0.15) is 32.0 Å². The molecular weight excluding hydrogens is 427 g/mol. The van der Waals surface area contributed by atoms with E-state index in [1.165, 1.54) is 5.56 Å². The Hall–Kier alpha value is -2.27. The molecule has 1 aromatic carbocycles. The van der Waals surface area contributed by atoms with Crippen LogP contribution in [0.4, 0.5) is 19.1 Å². The van der Waals surface area contributed by atoms with Crippen LogP contribution >= 0.6 is 0 Å². The lowest BCUT2D eigenvalue weighted by Gasteiger charge is -2.37. The summed E-state index contributed by atoms with van der Waals surface area (Å²) in [6.45, 7) is 7.98. The molecule has 2 aromatic rings. The van der Waals surface area contributed by atoms with Crippen molar-refractivity contribution in [1.29, 1.82) is 0 Å². The molecule has 1 aliphatic heterocycles. The van der Waals surface area contributed by atoms with Gasteiger partial charge in [0.05, 0.1) is 19.3 Å². The van der Waals surface area contributed by atoms with Crippen LogP contribution in [-0.2, 0) is 10.9 Å². The van der Waals surface area contributed by atoms with Crippen molar-refractivity contribution in [1.82, 2.24) is 9.97 Å². The highest BCUT2D eigenvalue weighted by atomic mass is 19.4. The Morgan fingerprint density at radius 3 is 2.16 bits per heavy atom. The predicted molar refractivity (Wildman–Crippen MR) is 115 cm³/mol. The monoisotopic (exact) mass is 459 g/mol. The molecule has 0 aliphatic carbocycles. The van der Waals surface area contributed by atoms with Gasteiger partial charge in [0.2, 0.25) is 5.95 Å². The number of benzene rings is 1. The molecule has 4 N–H and O–H groups in total. The van der Waals surface area contributed by atoms with Gasteiger partial charge >= 0.3 is 6.18 Å². The Morgan fingerprint density at radius 1 is 1.09 bits per heavy atom. The summed E-state index contributed by atoms with van der Waals surface area (Å²) in [6, 6.07) is 10.1. The lowest BCUT2D eigenvalue weighted by atomic mass is 9.98. The van der Waals surface area contributed by atoms with E-state index < -0.39 is 42.8 Å². The number of aryl methyl sites for hydroxylation is 1. The predicted octanol–water partition coefficient (Wildman–Crippen LogP) is 3.05. The number of aromatic nitrogens is 2. The summed E-state index contributed by atoms with van der Waals surface area (Å²) in [5.74, 6) is 0.493. The van der Waals surface area contributed by atoms with E-state index >= 15 is 0 Å². The second-order valence-electron chi connectivity index (χ2n) is 7.94. The first-order valence-electron chi connectivity index (χ1n) is 10.2. The molecule has 3 rings (SSSR count). The number of nitrogens with one attached hydrogen (secondary N) is 1. The molecular formula is C22H32F3N3O4. The molecule has 10 heteroatoms. The number of alkyl halides is 3. The molecule has 1 aromatic heterocycles. The molecule has 2 heterocycles. The molecule has 0 bridgehead atoms. The van der Waals surface area contributed by atoms with Crippen LogP contribution in [0.5, 0.6) is 0 Å². The first kappa shape index (κ1) is 27.8. The van der Waals surface area contributed by atoms with Crippen molar-refractivity contribution in [2.45, 2.75) is 58.2 Å². The number of ether oxygens (including phenoxy) is 1. The van der Waals surface area contributed by atoms with Crippen LogP contribution in [0.2, 0.25) is 0 Å². The molecule has 0 saturated carbocycles. The zero-order chi connectivity index (χ0) is 24.3. The number of hydrogen-bond donors (Lipinski definition) is 4. The Morgan fingerprint density at radius 2 is 1.69 bits per heavy atom. The largest absolute Gasteiger partial charge is 0.433 e. The summed E-state index contributed by atoms with van der Waals surface area (Å²) < 4.78 is 42.7. The van der Waals surface area contributed by atoms with Crippen LogP contribution < -0.4 is 5.32 Å². The maximum Gasteiger partial charge on any atom is 0.433 e. The van der Waals surface area contributed by atoms with Gasteiger partial charge in [-0.15, -0.1) is 0 Å². The van der Waals surface area contributed by atoms with Crippen molar-refractivity contribution in [3.05, 3.63) is 53.9 Å². The summed E-state index contributed by atoms with van der Waals surface area (Å²) >= 11 is 0. The van der Waals surface area contributed by atoms with Crippen molar-refractivity contribution < 1.29 is 33.2 Å². The van der Waals surface area contributed by atoms with E-state index in [0.29, 0.717) is 0 Å². The normalized spacial score (nSPS) is 22.8. The van der Waals surface area contributed by atoms with Crippen molar-refractivity contribution in [2.24, 2.45) is 5.92 Å². The Balaban J connectivity index is 0.000000382. The first-order chi connectivity index (χ1) is 15.0.